The summed E-state index contributed by atoms with van der Waals surface area (Å²) in [6.07, 6.45) is 9.68. The molecule has 11 nitrogen and oxygen atoms in total. The first-order chi connectivity index (χ1) is 19.5. The van der Waals surface area contributed by atoms with E-state index >= 15 is 0 Å². The van der Waals surface area contributed by atoms with E-state index in [1.54, 1.807) is 18.5 Å². The maximum Gasteiger partial charge on any atom is 0.219 e. The molecule has 0 radical (unpaired) electrons. The van der Waals surface area contributed by atoms with Crippen LogP contribution in [0, 0.1) is 11.3 Å². The van der Waals surface area contributed by atoms with Crippen LogP contribution in [0.2, 0.25) is 0 Å². The quantitative estimate of drug-likeness (QED) is 0.375. The SMILES string of the molecule is C[C@H](Oc1cc(-n2nccn2)nc(-c2noc3c2CCC[C@@]32CCc3ccc(N)c(C#N)c32)n1)[C@@H]1CCCN1C. The van der Waals surface area contributed by atoms with Crippen LogP contribution < -0.4 is 10.5 Å². The number of benzene rings is 1. The highest BCUT2D eigenvalue weighted by Gasteiger charge is 2.49. The number of likely N-dealkylation sites (N-methyl/N-ethyl adjacent to an activating group) is 1. The summed E-state index contributed by atoms with van der Waals surface area (Å²) in [4.78, 5) is 13.4. The summed E-state index contributed by atoms with van der Waals surface area (Å²) in [5.41, 5.74) is 10.6. The van der Waals surface area contributed by atoms with Crippen LogP contribution in [0.1, 0.15) is 67.0 Å². The van der Waals surface area contributed by atoms with Crippen LogP contribution in [-0.2, 0) is 18.3 Å². The van der Waals surface area contributed by atoms with E-state index in [0.29, 0.717) is 40.5 Å². The van der Waals surface area contributed by atoms with E-state index in [1.807, 2.05) is 12.1 Å². The first-order valence-corrected chi connectivity index (χ1v) is 13.9. The number of nitrogens with two attached hydrogens (primary N) is 1. The molecule has 0 amide bonds. The molecular weight excluding hydrogens is 506 g/mol. The van der Waals surface area contributed by atoms with E-state index in [-0.39, 0.29) is 6.10 Å². The van der Waals surface area contributed by atoms with Crippen LogP contribution in [0.15, 0.2) is 35.1 Å². The van der Waals surface area contributed by atoms with Gasteiger partial charge in [0.1, 0.15) is 12.2 Å². The number of aryl methyl sites for hydroxylation is 1. The van der Waals surface area contributed by atoms with Gasteiger partial charge in [-0.1, -0.05) is 11.2 Å². The molecule has 2 aliphatic carbocycles. The molecule has 40 heavy (non-hydrogen) atoms. The number of nitriles is 1. The van der Waals surface area contributed by atoms with Crippen LogP contribution in [-0.4, -0.2) is 60.8 Å². The second kappa shape index (κ2) is 9.41. The van der Waals surface area contributed by atoms with E-state index in [2.05, 4.69) is 40.3 Å². The Kier molecular flexibility index (Phi) is 5.82. The Morgan fingerprint density at radius 3 is 2.80 bits per heavy atom. The molecule has 4 aromatic rings. The minimum absolute atomic E-state index is 0.0620. The van der Waals surface area contributed by atoms with Crippen molar-refractivity contribution in [1.29, 1.82) is 5.26 Å². The minimum atomic E-state index is -0.434. The summed E-state index contributed by atoms with van der Waals surface area (Å²) in [6, 6.07) is 8.32. The van der Waals surface area contributed by atoms with Crippen LogP contribution in [0.4, 0.5) is 5.69 Å². The molecule has 2 N–H and O–H groups in total. The maximum atomic E-state index is 10.0. The lowest BCUT2D eigenvalue weighted by molar-refractivity contribution is 0.117. The molecule has 4 heterocycles. The number of nitrogens with zero attached hydrogens (tertiary/aromatic N) is 8. The Morgan fingerprint density at radius 2 is 2.02 bits per heavy atom. The predicted molar refractivity (Wildman–Crippen MR) is 146 cm³/mol. The number of fused-ring (bicyclic) bond motifs is 4. The summed E-state index contributed by atoms with van der Waals surface area (Å²) >= 11 is 0. The highest BCUT2D eigenvalue weighted by atomic mass is 16.5. The summed E-state index contributed by atoms with van der Waals surface area (Å²) < 4.78 is 12.6. The molecule has 1 spiro atoms. The Morgan fingerprint density at radius 1 is 1.18 bits per heavy atom. The van der Waals surface area contributed by atoms with Gasteiger partial charge in [0.05, 0.1) is 23.4 Å². The zero-order valence-electron chi connectivity index (χ0n) is 22.7. The van der Waals surface area contributed by atoms with Crippen molar-refractivity contribution in [2.75, 3.05) is 19.3 Å². The van der Waals surface area contributed by atoms with Crippen molar-refractivity contribution >= 4 is 5.69 Å². The fourth-order valence-corrected chi connectivity index (χ4v) is 7.07. The number of hydrogen-bond donors (Lipinski definition) is 1. The zero-order chi connectivity index (χ0) is 27.4. The van der Waals surface area contributed by atoms with Crippen molar-refractivity contribution in [3.63, 3.8) is 0 Å². The van der Waals surface area contributed by atoms with Gasteiger partial charge in [-0.05, 0) is 82.7 Å². The number of nitrogen functional groups attached to an aromatic ring is 1. The highest BCUT2D eigenvalue weighted by molar-refractivity contribution is 5.68. The van der Waals surface area contributed by atoms with Gasteiger partial charge in [0.15, 0.2) is 23.1 Å². The third-order valence-electron chi connectivity index (χ3n) is 8.94. The number of ether oxygens (including phenoxy) is 1. The average molecular weight is 538 g/mol. The minimum Gasteiger partial charge on any atom is -0.473 e. The Bertz CT molecular complexity index is 1620. The van der Waals surface area contributed by atoms with Crippen molar-refractivity contribution in [3.8, 4) is 29.3 Å². The average Bonchev–Trinajstić information content (AvgIpc) is 3.76. The number of hydrogen-bond acceptors (Lipinski definition) is 10. The van der Waals surface area contributed by atoms with Gasteiger partial charge < -0.3 is 15.0 Å². The van der Waals surface area contributed by atoms with E-state index in [4.69, 9.17) is 25.0 Å². The topological polar surface area (TPSA) is 145 Å². The summed E-state index contributed by atoms with van der Waals surface area (Å²) in [6.45, 7) is 3.14. The Labute approximate surface area is 232 Å². The number of anilines is 1. The summed E-state index contributed by atoms with van der Waals surface area (Å²) in [5.74, 6) is 2.14. The molecule has 0 unspecified atom stereocenters. The molecule has 3 aromatic heterocycles. The molecular formula is C29H31N9O2. The van der Waals surface area contributed by atoms with Crippen LogP contribution in [0.25, 0.3) is 17.3 Å². The van der Waals surface area contributed by atoms with Gasteiger partial charge in [0.2, 0.25) is 5.88 Å². The highest BCUT2D eigenvalue weighted by Crippen LogP contribution is 2.54. The van der Waals surface area contributed by atoms with Gasteiger partial charge in [-0.25, -0.2) is 4.98 Å². The summed E-state index contributed by atoms with van der Waals surface area (Å²) in [7, 11) is 2.13. The largest absolute Gasteiger partial charge is 0.473 e. The van der Waals surface area contributed by atoms with Crippen LogP contribution >= 0.6 is 0 Å². The lowest BCUT2D eigenvalue weighted by atomic mass is 9.68. The predicted octanol–water partition coefficient (Wildman–Crippen LogP) is 3.60. The number of likely N-dealkylation sites (tertiary alicyclic amines) is 1. The zero-order valence-corrected chi connectivity index (χ0v) is 22.7. The molecule has 1 aliphatic heterocycles. The van der Waals surface area contributed by atoms with Crippen molar-refractivity contribution in [2.24, 2.45) is 0 Å². The second-order valence-corrected chi connectivity index (χ2v) is 11.2. The van der Waals surface area contributed by atoms with E-state index < -0.39 is 5.41 Å². The monoisotopic (exact) mass is 537 g/mol. The molecule has 11 heteroatoms. The third-order valence-corrected chi connectivity index (χ3v) is 8.94. The van der Waals surface area contributed by atoms with Gasteiger partial charge >= 0.3 is 0 Å². The van der Waals surface area contributed by atoms with E-state index in [1.165, 1.54) is 4.80 Å². The Hall–Kier alpha value is -4.30. The lowest BCUT2D eigenvalue weighted by Gasteiger charge is -2.33. The van der Waals surface area contributed by atoms with Crippen molar-refractivity contribution in [2.45, 2.75) is 69.4 Å². The number of aromatic nitrogens is 6. The molecule has 3 atom stereocenters. The fraction of sp³-hybridized carbons (Fsp3) is 0.448. The van der Waals surface area contributed by atoms with E-state index in [0.717, 1.165) is 73.9 Å². The smallest absolute Gasteiger partial charge is 0.219 e. The molecule has 0 saturated carbocycles. The molecule has 1 saturated heterocycles. The standard InChI is InChI=1S/C29H31N9O2/c1-17(22-6-4-14-37(22)2)39-24-15-23(38-32-12-13-33-38)34-28(35-24)26-19-5-3-10-29(27(19)40-36-26)11-9-18-7-8-21(31)20(16-30)25(18)29/h7-8,12-13,15,17,22H,3-6,9-11,14,31H2,1-2H3/t17-,22-,29-/m0/s1. The lowest BCUT2D eigenvalue weighted by Crippen LogP contribution is -2.38. The normalized spacial score (nSPS) is 22.7. The van der Waals surface area contributed by atoms with Gasteiger partial charge in [-0.3, -0.25) is 4.90 Å². The van der Waals surface area contributed by atoms with Crippen molar-refractivity contribution in [3.05, 3.63) is 58.6 Å². The van der Waals surface area contributed by atoms with Crippen LogP contribution in [0.5, 0.6) is 5.88 Å². The second-order valence-electron chi connectivity index (χ2n) is 11.2. The third kappa shape index (κ3) is 3.78. The molecule has 0 bridgehead atoms. The number of rotatable bonds is 5. The van der Waals surface area contributed by atoms with Gasteiger partial charge in [0.25, 0.3) is 0 Å². The van der Waals surface area contributed by atoms with Gasteiger partial charge in [-0.15, -0.1) is 4.80 Å². The van der Waals surface area contributed by atoms with Crippen LogP contribution in [0.3, 0.4) is 0 Å². The van der Waals surface area contributed by atoms with Crippen molar-refractivity contribution in [1.82, 2.24) is 35.0 Å². The van der Waals surface area contributed by atoms with Crippen molar-refractivity contribution < 1.29 is 9.26 Å². The van der Waals surface area contributed by atoms with E-state index in [9.17, 15) is 5.26 Å². The first kappa shape index (κ1) is 24.7. The fourth-order valence-electron chi connectivity index (χ4n) is 7.07. The molecule has 7 rings (SSSR count). The first-order valence-electron chi connectivity index (χ1n) is 13.9. The molecule has 3 aliphatic rings. The van der Waals surface area contributed by atoms with Gasteiger partial charge in [-0.2, -0.15) is 20.4 Å². The Balaban J connectivity index is 1.32. The summed E-state index contributed by atoms with van der Waals surface area (Å²) in [5, 5.41) is 23.1. The van der Waals surface area contributed by atoms with Gasteiger partial charge in [0, 0.05) is 23.4 Å². The maximum absolute atomic E-state index is 10.0. The molecule has 1 aromatic carbocycles. The molecule has 204 valence electrons. The molecule has 1 fully saturated rings.